The van der Waals surface area contributed by atoms with Crippen LogP contribution in [-0.4, -0.2) is 10.8 Å². The van der Waals surface area contributed by atoms with E-state index < -0.39 is 0 Å². The first-order valence-electron chi connectivity index (χ1n) is 8.69. The van der Waals surface area contributed by atoms with Gasteiger partial charge in [-0.25, -0.2) is 4.98 Å². The summed E-state index contributed by atoms with van der Waals surface area (Å²) in [6.45, 7) is 1.56. The van der Waals surface area contributed by atoms with Crippen molar-refractivity contribution in [1.82, 2.24) is 4.98 Å². The zero-order valence-electron chi connectivity index (χ0n) is 15.1. The third kappa shape index (κ3) is 3.97. The first-order chi connectivity index (χ1) is 13.6. The first-order valence-corrected chi connectivity index (χ1v) is 9.07. The Balaban J connectivity index is 1.55. The summed E-state index contributed by atoms with van der Waals surface area (Å²) in [5.74, 6) is 2.29. The van der Waals surface area contributed by atoms with E-state index in [4.69, 9.17) is 21.1 Å². The van der Waals surface area contributed by atoms with E-state index >= 15 is 0 Å². The number of Topliss-reactive ketones (excluding diaryl/α,β-unsaturated/α-hetero) is 1. The van der Waals surface area contributed by atoms with Crippen LogP contribution in [0.25, 0.3) is 10.8 Å². The van der Waals surface area contributed by atoms with Gasteiger partial charge in [-0.15, -0.1) is 0 Å². The fraction of sp³-hybridized carbons (Fsp3) is 0.0435. The van der Waals surface area contributed by atoms with Gasteiger partial charge in [0.05, 0.1) is 5.02 Å². The number of fused-ring (bicyclic) bond motifs is 1. The number of halogens is 1. The van der Waals surface area contributed by atoms with Crippen LogP contribution < -0.4 is 9.47 Å². The minimum absolute atomic E-state index is 0.0435. The molecule has 4 nitrogen and oxygen atoms in total. The van der Waals surface area contributed by atoms with Crippen molar-refractivity contribution >= 4 is 28.2 Å². The number of ether oxygens (including phenoxy) is 2. The molecule has 4 aromatic rings. The summed E-state index contributed by atoms with van der Waals surface area (Å²) in [6, 6.07) is 21.9. The van der Waals surface area contributed by atoms with Crippen molar-refractivity contribution in [2.24, 2.45) is 0 Å². The Morgan fingerprint density at radius 2 is 1.61 bits per heavy atom. The molecule has 0 aliphatic heterocycles. The van der Waals surface area contributed by atoms with Gasteiger partial charge in [-0.1, -0.05) is 35.9 Å². The summed E-state index contributed by atoms with van der Waals surface area (Å²) < 4.78 is 11.6. The average molecular weight is 390 g/mol. The second-order valence-corrected chi connectivity index (χ2v) is 6.65. The van der Waals surface area contributed by atoms with Gasteiger partial charge in [-0.3, -0.25) is 4.79 Å². The summed E-state index contributed by atoms with van der Waals surface area (Å²) in [7, 11) is 0. The normalized spacial score (nSPS) is 10.6. The quantitative estimate of drug-likeness (QED) is 0.357. The minimum atomic E-state index is 0.0435. The van der Waals surface area contributed by atoms with Gasteiger partial charge in [0, 0.05) is 23.9 Å². The highest BCUT2D eigenvalue weighted by molar-refractivity contribution is 6.32. The van der Waals surface area contributed by atoms with Gasteiger partial charge in [0.15, 0.2) is 5.78 Å². The zero-order chi connectivity index (χ0) is 19.5. The van der Waals surface area contributed by atoms with Gasteiger partial charge >= 0.3 is 0 Å². The second-order valence-electron chi connectivity index (χ2n) is 6.24. The van der Waals surface area contributed by atoms with E-state index in [0.717, 1.165) is 10.8 Å². The highest BCUT2D eigenvalue weighted by Gasteiger charge is 2.08. The van der Waals surface area contributed by atoms with Crippen LogP contribution in [0, 0.1) is 0 Å². The number of aromatic nitrogens is 1. The van der Waals surface area contributed by atoms with Gasteiger partial charge in [-0.05, 0) is 54.1 Å². The number of hydrogen-bond acceptors (Lipinski definition) is 4. The van der Waals surface area contributed by atoms with Crippen LogP contribution in [-0.2, 0) is 0 Å². The zero-order valence-corrected chi connectivity index (χ0v) is 15.8. The molecule has 0 saturated carbocycles. The number of rotatable bonds is 5. The molecular weight excluding hydrogens is 374 g/mol. The lowest BCUT2D eigenvalue weighted by Gasteiger charge is -2.11. The van der Waals surface area contributed by atoms with Gasteiger partial charge < -0.3 is 9.47 Å². The lowest BCUT2D eigenvalue weighted by molar-refractivity contribution is 0.101. The molecule has 138 valence electrons. The molecule has 3 aromatic carbocycles. The largest absolute Gasteiger partial charge is 0.456 e. The molecule has 1 heterocycles. The van der Waals surface area contributed by atoms with Gasteiger partial charge in [0.2, 0.25) is 5.88 Å². The number of benzene rings is 3. The van der Waals surface area contributed by atoms with Crippen LogP contribution >= 0.6 is 11.6 Å². The highest BCUT2D eigenvalue weighted by atomic mass is 35.5. The Morgan fingerprint density at radius 3 is 2.36 bits per heavy atom. The molecular formula is C23H16ClNO3. The van der Waals surface area contributed by atoms with Crippen molar-refractivity contribution in [1.29, 1.82) is 0 Å². The maximum atomic E-state index is 11.5. The van der Waals surface area contributed by atoms with Crippen molar-refractivity contribution < 1.29 is 14.3 Å². The van der Waals surface area contributed by atoms with E-state index in [-0.39, 0.29) is 5.78 Å². The fourth-order valence-corrected chi connectivity index (χ4v) is 3.00. The van der Waals surface area contributed by atoms with E-state index in [9.17, 15) is 4.79 Å². The maximum Gasteiger partial charge on any atom is 0.219 e. The van der Waals surface area contributed by atoms with Gasteiger partial charge in [0.1, 0.15) is 17.2 Å². The topological polar surface area (TPSA) is 48.4 Å². The molecule has 0 saturated heterocycles. The van der Waals surface area contributed by atoms with E-state index in [1.54, 1.807) is 37.4 Å². The molecule has 5 heteroatoms. The van der Waals surface area contributed by atoms with Crippen molar-refractivity contribution in [2.45, 2.75) is 6.92 Å². The van der Waals surface area contributed by atoms with Crippen LogP contribution in [0.5, 0.6) is 23.1 Å². The number of ketones is 1. The molecule has 1 aromatic heterocycles. The molecule has 0 N–H and O–H groups in total. The van der Waals surface area contributed by atoms with E-state index in [1.165, 1.54) is 0 Å². The molecule has 0 bridgehead atoms. The van der Waals surface area contributed by atoms with Crippen molar-refractivity contribution in [3.63, 3.8) is 0 Å². The number of carbonyl (C=O) groups is 1. The Morgan fingerprint density at radius 1 is 0.857 bits per heavy atom. The summed E-state index contributed by atoms with van der Waals surface area (Å²) in [5, 5.41) is 2.39. The summed E-state index contributed by atoms with van der Waals surface area (Å²) in [5.41, 5.74) is 0.688. The minimum Gasteiger partial charge on any atom is -0.456 e. The monoisotopic (exact) mass is 389 g/mol. The van der Waals surface area contributed by atoms with Gasteiger partial charge in [0.25, 0.3) is 0 Å². The second kappa shape index (κ2) is 7.71. The first kappa shape index (κ1) is 18.0. The van der Waals surface area contributed by atoms with Crippen LogP contribution in [0.3, 0.4) is 0 Å². The predicted molar refractivity (Wildman–Crippen MR) is 110 cm³/mol. The maximum absolute atomic E-state index is 11.5. The Labute approximate surface area is 167 Å². The molecule has 28 heavy (non-hydrogen) atoms. The lowest BCUT2D eigenvalue weighted by atomic mass is 10.0. The Hall–Kier alpha value is -3.37. The smallest absolute Gasteiger partial charge is 0.219 e. The summed E-state index contributed by atoms with van der Waals surface area (Å²) in [4.78, 5) is 15.6. The number of carbonyl (C=O) groups excluding carboxylic acids is 1. The van der Waals surface area contributed by atoms with E-state index in [0.29, 0.717) is 33.7 Å². The average Bonchev–Trinajstić information content (AvgIpc) is 2.70. The molecule has 0 atom stereocenters. The molecule has 0 aliphatic carbocycles. The molecule has 0 fully saturated rings. The highest BCUT2D eigenvalue weighted by Crippen LogP contribution is 2.34. The number of hydrogen-bond donors (Lipinski definition) is 0. The molecule has 0 amide bonds. The Bertz CT molecular complexity index is 1160. The van der Waals surface area contributed by atoms with Crippen LogP contribution in [0.4, 0.5) is 0 Å². The summed E-state index contributed by atoms with van der Waals surface area (Å²) >= 11 is 6.36. The molecule has 0 unspecified atom stereocenters. The molecule has 4 rings (SSSR count). The van der Waals surface area contributed by atoms with Crippen LogP contribution in [0.2, 0.25) is 5.02 Å². The van der Waals surface area contributed by atoms with Crippen molar-refractivity contribution in [3.05, 3.63) is 89.6 Å². The molecule has 0 radical (unpaired) electrons. The standard InChI is InChI=1S/C23H16ClNO3/c1-15(26)16-5-6-18-13-19(8-7-17(18)12-16)27-22-10-9-20(14-21(22)24)28-23-4-2-3-11-25-23/h2-14H,1H3. The van der Waals surface area contributed by atoms with Crippen molar-refractivity contribution in [2.75, 3.05) is 0 Å². The molecule has 0 spiro atoms. The van der Waals surface area contributed by atoms with Gasteiger partial charge in [-0.2, -0.15) is 0 Å². The Kier molecular flexibility index (Phi) is 4.96. The predicted octanol–water partition coefficient (Wildman–Crippen LogP) is 6.68. The van der Waals surface area contributed by atoms with Crippen LogP contribution in [0.1, 0.15) is 17.3 Å². The lowest BCUT2D eigenvalue weighted by Crippen LogP contribution is -1.91. The SMILES string of the molecule is CC(=O)c1ccc2cc(Oc3ccc(Oc4ccccn4)cc3Cl)ccc2c1. The number of pyridine rings is 1. The van der Waals surface area contributed by atoms with Crippen LogP contribution in [0.15, 0.2) is 79.0 Å². The fourth-order valence-electron chi connectivity index (χ4n) is 2.79. The third-order valence-electron chi connectivity index (χ3n) is 4.21. The van der Waals surface area contributed by atoms with E-state index in [1.807, 2.05) is 48.5 Å². The third-order valence-corrected chi connectivity index (χ3v) is 4.50. The number of nitrogens with zero attached hydrogens (tertiary/aromatic N) is 1. The summed E-state index contributed by atoms with van der Waals surface area (Å²) in [6.07, 6.45) is 1.66. The van der Waals surface area contributed by atoms with Crippen molar-refractivity contribution in [3.8, 4) is 23.1 Å². The van der Waals surface area contributed by atoms with E-state index in [2.05, 4.69) is 4.98 Å². The molecule has 0 aliphatic rings.